The van der Waals surface area contributed by atoms with E-state index in [1.165, 1.54) is 57.6 Å². The normalized spacial score (nSPS) is 31.2. The highest BCUT2D eigenvalue weighted by Crippen LogP contribution is 2.30. The Hall–Kier alpha value is 0.270. The summed E-state index contributed by atoms with van der Waals surface area (Å²) >= 11 is 2.17. The Labute approximate surface area is 111 Å². The molecule has 2 unspecified atom stereocenters. The van der Waals surface area contributed by atoms with E-state index in [9.17, 15) is 0 Å². The second-order valence-corrected chi connectivity index (χ2v) is 7.19. The predicted octanol–water partition coefficient (Wildman–Crippen LogP) is 2.59. The molecular formula is C14H28N2S. The fourth-order valence-electron chi connectivity index (χ4n) is 3.16. The molecule has 0 radical (unpaired) electrons. The highest BCUT2D eigenvalue weighted by atomic mass is 32.2. The molecule has 0 aromatic carbocycles. The van der Waals surface area contributed by atoms with E-state index in [-0.39, 0.29) is 0 Å². The van der Waals surface area contributed by atoms with Crippen LogP contribution in [0.5, 0.6) is 0 Å². The fraction of sp³-hybridized carbons (Fsp3) is 1.00. The van der Waals surface area contributed by atoms with Gasteiger partial charge in [0, 0.05) is 23.6 Å². The number of hydrogen-bond donors (Lipinski definition) is 1. The molecule has 0 spiro atoms. The van der Waals surface area contributed by atoms with Crippen LogP contribution in [0.15, 0.2) is 0 Å². The first-order chi connectivity index (χ1) is 8.29. The Bertz CT molecular complexity index is 216. The van der Waals surface area contributed by atoms with Crippen LogP contribution in [0.25, 0.3) is 0 Å². The lowest BCUT2D eigenvalue weighted by Crippen LogP contribution is -2.42. The van der Waals surface area contributed by atoms with E-state index in [1.807, 2.05) is 0 Å². The maximum atomic E-state index is 3.47. The quantitative estimate of drug-likeness (QED) is 0.814. The molecule has 0 bridgehead atoms. The van der Waals surface area contributed by atoms with E-state index < -0.39 is 0 Å². The van der Waals surface area contributed by atoms with Gasteiger partial charge in [-0.25, -0.2) is 0 Å². The van der Waals surface area contributed by atoms with Crippen molar-refractivity contribution in [3.63, 3.8) is 0 Å². The van der Waals surface area contributed by atoms with Crippen LogP contribution in [-0.2, 0) is 0 Å². The van der Waals surface area contributed by atoms with Gasteiger partial charge >= 0.3 is 0 Å². The molecule has 0 aliphatic carbocycles. The van der Waals surface area contributed by atoms with E-state index in [1.54, 1.807) is 0 Å². The maximum Gasteiger partial charge on any atom is 0.0197 e. The lowest BCUT2D eigenvalue weighted by atomic mass is 9.96. The van der Waals surface area contributed by atoms with Gasteiger partial charge in [0.25, 0.3) is 0 Å². The van der Waals surface area contributed by atoms with Gasteiger partial charge in [-0.15, -0.1) is 0 Å². The standard InChI is InChI=1S/C14H28N2S/c1-3-8-16(14-9-12(2)17-11-14)10-13-4-6-15-7-5-13/h12-15H,3-11H2,1-2H3. The topological polar surface area (TPSA) is 15.3 Å². The Morgan fingerprint density at radius 1 is 1.29 bits per heavy atom. The van der Waals surface area contributed by atoms with Crippen LogP contribution in [0.1, 0.15) is 39.5 Å². The molecule has 2 saturated heterocycles. The average molecular weight is 256 g/mol. The van der Waals surface area contributed by atoms with Crippen molar-refractivity contribution in [3.8, 4) is 0 Å². The third-order valence-corrected chi connectivity index (χ3v) is 5.49. The summed E-state index contributed by atoms with van der Waals surface area (Å²) < 4.78 is 0. The van der Waals surface area contributed by atoms with E-state index in [4.69, 9.17) is 0 Å². The van der Waals surface area contributed by atoms with Crippen molar-refractivity contribution >= 4 is 11.8 Å². The zero-order valence-corrected chi connectivity index (χ0v) is 12.3. The molecule has 0 aromatic heterocycles. The number of nitrogens with one attached hydrogen (secondary N) is 1. The van der Waals surface area contributed by atoms with Crippen LogP contribution in [0.2, 0.25) is 0 Å². The summed E-state index contributed by atoms with van der Waals surface area (Å²) in [6.45, 7) is 9.84. The molecule has 2 aliphatic heterocycles. The summed E-state index contributed by atoms with van der Waals surface area (Å²) in [5, 5.41) is 4.36. The fourth-order valence-corrected chi connectivity index (χ4v) is 4.41. The number of nitrogens with zero attached hydrogens (tertiary/aromatic N) is 1. The lowest BCUT2D eigenvalue weighted by molar-refractivity contribution is 0.161. The number of piperidine rings is 1. The molecule has 2 nitrogen and oxygen atoms in total. The Morgan fingerprint density at radius 3 is 2.65 bits per heavy atom. The average Bonchev–Trinajstić information content (AvgIpc) is 2.77. The summed E-state index contributed by atoms with van der Waals surface area (Å²) in [5.74, 6) is 2.32. The number of thioether (sulfide) groups is 1. The van der Waals surface area contributed by atoms with E-state index in [0.29, 0.717) is 0 Å². The van der Waals surface area contributed by atoms with Gasteiger partial charge in [0.05, 0.1) is 0 Å². The smallest absolute Gasteiger partial charge is 0.0197 e. The molecular weight excluding hydrogens is 228 g/mol. The first kappa shape index (κ1) is 13.7. The first-order valence-electron chi connectivity index (χ1n) is 7.36. The third kappa shape index (κ3) is 4.15. The van der Waals surface area contributed by atoms with Crippen molar-refractivity contribution in [3.05, 3.63) is 0 Å². The van der Waals surface area contributed by atoms with Gasteiger partial charge in [0.1, 0.15) is 0 Å². The van der Waals surface area contributed by atoms with Crippen molar-refractivity contribution in [2.45, 2.75) is 50.8 Å². The summed E-state index contributed by atoms with van der Waals surface area (Å²) in [4.78, 5) is 2.80. The van der Waals surface area contributed by atoms with Crippen LogP contribution in [0.3, 0.4) is 0 Å². The SMILES string of the molecule is CCCN(CC1CCNCC1)C1CSC(C)C1. The Balaban J connectivity index is 1.82. The molecule has 3 heteroatoms. The molecule has 1 N–H and O–H groups in total. The molecule has 100 valence electrons. The highest BCUT2D eigenvalue weighted by molar-refractivity contribution is 8.00. The zero-order valence-electron chi connectivity index (χ0n) is 11.5. The minimum absolute atomic E-state index is 0.866. The van der Waals surface area contributed by atoms with Gasteiger partial charge in [-0.1, -0.05) is 13.8 Å². The van der Waals surface area contributed by atoms with Crippen LogP contribution < -0.4 is 5.32 Å². The molecule has 2 atom stereocenters. The van der Waals surface area contributed by atoms with Crippen molar-refractivity contribution in [2.24, 2.45) is 5.92 Å². The molecule has 2 aliphatic rings. The predicted molar refractivity (Wildman–Crippen MR) is 77.8 cm³/mol. The molecule has 0 aromatic rings. The number of hydrogen-bond acceptors (Lipinski definition) is 3. The van der Waals surface area contributed by atoms with Gasteiger partial charge in [-0.05, 0) is 51.2 Å². The van der Waals surface area contributed by atoms with Crippen LogP contribution in [0.4, 0.5) is 0 Å². The van der Waals surface area contributed by atoms with Crippen molar-refractivity contribution in [1.29, 1.82) is 0 Å². The molecule has 17 heavy (non-hydrogen) atoms. The van der Waals surface area contributed by atoms with Gasteiger partial charge < -0.3 is 5.32 Å². The Kier molecular flexibility index (Phi) is 5.64. The first-order valence-corrected chi connectivity index (χ1v) is 8.40. The minimum Gasteiger partial charge on any atom is -0.317 e. The van der Waals surface area contributed by atoms with E-state index in [0.717, 1.165) is 17.2 Å². The summed E-state index contributed by atoms with van der Waals surface area (Å²) in [6.07, 6.45) is 5.49. The molecule has 2 heterocycles. The van der Waals surface area contributed by atoms with Crippen LogP contribution in [-0.4, -0.2) is 48.1 Å². The molecule has 0 amide bonds. The minimum atomic E-state index is 0.866. The van der Waals surface area contributed by atoms with Crippen LogP contribution >= 0.6 is 11.8 Å². The largest absolute Gasteiger partial charge is 0.317 e. The van der Waals surface area contributed by atoms with Crippen molar-refractivity contribution < 1.29 is 0 Å². The summed E-state index contributed by atoms with van der Waals surface area (Å²) in [5.41, 5.74) is 0. The van der Waals surface area contributed by atoms with Gasteiger partial charge in [0.15, 0.2) is 0 Å². The third-order valence-electron chi connectivity index (χ3n) is 4.16. The summed E-state index contributed by atoms with van der Waals surface area (Å²) in [6, 6.07) is 0.866. The van der Waals surface area contributed by atoms with Crippen molar-refractivity contribution in [2.75, 3.05) is 31.9 Å². The molecule has 2 rings (SSSR count). The van der Waals surface area contributed by atoms with Crippen LogP contribution in [0, 0.1) is 5.92 Å². The van der Waals surface area contributed by atoms with E-state index in [2.05, 4.69) is 35.8 Å². The van der Waals surface area contributed by atoms with Gasteiger partial charge in [-0.2, -0.15) is 11.8 Å². The zero-order chi connectivity index (χ0) is 12.1. The van der Waals surface area contributed by atoms with Crippen molar-refractivity contribution in [1.82, 2.24) is 10.2 Å². The highest BCUT2D eigenvalue weighted by Gasteiger charge is 2.28. The molecule has 0 saturated carbocycles. The Morgan fingerprint density at radius 2 is 2.06 bits per heavy atom. The maximum absolute atomic E-state index is 3.47. The van der Waals surface area contributed by atoms with E-state index >= 15 is 0 Å². The monoisotopic (exact) mass is 256 g/mol. The molecule has 2 fully saturated rings. The second-order valence-electron chi connectivity index (χ2n) is 5.72. The summed E-state index contributed by atoms with van der Waals surface area (Å²) in [7, 11) is 0. The van der Waals surface area contributed by atoms with Gasteiger partial charge in [-0.3, -0.25) is 4.90 Å². The lowest BCUT2D eigenvalue weighted by Gasteiger charge is -2.33. The number of rotatable bonds is 5. The van der Waals surface area contributed by atoms with Gasteiger partial charge in [0.2, 0.25) is 0 Å². The second kappa shape index (κ2) is 7.01.